The van der Waals surface area contributed by atoms with Crippen LogP contribution in [0.3, 0.4) is 0 Å². The van der Waals surface area contributed by atoms with Gasteiger partial charge in [0.25, 0.3) is 11.6 Å². The van der Waals surface area contributed by atoms with E-state index in [1.807, 2.05) is 0 Å². The number of nitrogens with one attached hydrogen (secondary N) is 1. The first-order valence-corrected chi connectivity index (χ1v) is 8.77. The number of nitro groups is 1. The highest BCUT2D eigenvalue weighted by molar-refractivity contribution is 6.32. The molecule has 0 spiro atoms. The third-order valence-corrected chi connectivity index (χ3v) is 4.43. The number of carbonyl (C=O) groups is 2. The maximum atomic E-state index is 12.6. The average Bonchev–Trinajstić information content (AvgIpc) is 3.26. The number of amides is 3. The third kappa shape index (κ3) is 3.61. The Morgan fingerprint density at radius 1 is 1.07 bits per heavy atom. The highest BCUT2D eigenvalue weighted by Gasteiger charge is 2.35. The maximum Gasteiger partial charge on any atom is 0.333 e. The smallest absolute Gasteiger partial charge is 0.333 e. The summed E-state index contributed by atoms with van der Waals surface area (Å²) >= 11 is 5.94. The van der Waals surface area contributed by atoms with Crippen LogP contribution in [0.4, 0.5) is 16.2 Å². The molecule has 4 rings (SSSR count). The fourth-order valence-corrected chi connectivity index (χ4v) is 3.07. The van der Waals surface area contributed by atoms with Crippen LogP contribution in [0, 0.1) is 10.1 Å². The topological polar surface area (TPSA) is 106 Å². The molecule has 1 N–H and O–H groups in total. The summed E-state index contributed by atoms with van der Waals surface area (Å²) in [5.74, 6) is 0.151. The van der Waals surface area contributed by atoms with E-state index >= 15 is 0 Å². The predicted octanol–water partition coefficient (Wildman–Crippen LogP) is 4.61. The van der Waals surface area contributed by atoms with E-state index in [9.17, 15) is 19.7 Å². The number of anilines is 1. The highest BCUT2D eigenvalue weighted by atomic mass is 35.5. The number of benzene rings is 2. The molecule has 0 saturated carbocycles. The maximum absolute atomic E-state index is 12.6. The molecule has 3 amide bonds. The molecule has 8 nitrogen and oxygen atoms in total. The molecular formula is C20H12ClN3O5. The number of imide groups is 1. The van der Waals surface area contributed by atoms with E-state index in [4.69, 9.17) is 16.0 Å². The minimum absolute atomic E-state index is 0.0370. The van der Waals surface area contributed by atoms with E-state index in [0.29, 0.717) is 27.8 Å². The van der Waals surface area contributed by atoms with Crippen molar-refractivity contribution in [2.45, 2.75) is 0 Å². The van der Waals surface area contributed by atoms with Crippen LogP contribution in [-0.2, 0) is 4.79 Å². The van der Waals surface area contributed by atoms with Gasteiger partial charge >= 0.3 is 6.03 Å². The van der Waals surface area contributed by atoms with Crippen LogP contribution in [0.1, 0.15) is 5.76 Å². The van der Waals surface area contributed by atoms with Gasteiger partial charge < -0.3 is 9.73 Å². The first-order chi connectivity index (χ1) is 13.9. The Morgan fingerprint density at radius 3 is 2.62 bits per heavy atom. The zero-order valence-corrected chi connectivity index (χ0v) is 15.4. The molecule has 0 bridgehead atoms. The molecule has 1 aliphatic rings. The number of hydrogen-bond acceptors (Lipinski definition) is 5. The number of hydrogen-bond donors (Lipinski definition) is 1. The second-order valence-electron chi connectivity index (χ2n) is 6.12. The fourth-order valence-electron chi connectivity index (χ4n) is 2.89. The molecular weight excluding hydrogens is 398 g/mol. The van der Waals surface area contributed by atoms with Crippen molar-refractivity contribution in [2.24, 2.45) is 0 Å². The van der Waals surface area contributed by atoms with Gasteiger partial charge in [-0.15, -0.1) is 0 Å². The van der Waals surface area contributed by atoms with Crippen LogP contribution >= 0.6 is 11.6 Å². The Bertz CT molecular complexity index is 1180. The zero-order chi connectivity index (χ0) is 20.5. The molecule has 144 valence electrons. The number of halogens is 1. The van der Waals surface area contributed by atoms with E-state index in [0.717, 1.165) is 4.90 Å². The van der Waals surface area contributed by atoms with Gasteiger partial charge in [0, 0.05) is 28.8 Å². The van der Waals surface area contributed by atoms with Crippen molar-refractivity contribution in [1.82, 2.24) is 5.32 Å². The van der Waals surface area contributed by atoms with Gasteiger partial charge in [0.05, 0.1) is 10.6 Å². The van der Waals surface area contributed by atoms with Crippen LogP contribution in [-0.4, -0.2) is 16.9 Å². The first-order valence-electron chi connectivity index (χ1n) is 8.40. The molecule has 1 aliphatic heterocycles. The van der Waals surface area contributed by atoms with Gasteiger partial charge in [-0.05, 0) is 30.3 Å². The lowest BCUT2D eigenvalue weighted by molar-refractivity contribution is -0.384. The molecule has 29 heavy (non-hydrogen) atoms. The Balaban J connectivity index is 1.61. The van der Waals surface area contributed by atoms with Gasteiger partial charge in [-0.2, -0.15) is 0 Å². The molecule has 1 saturated heterocycles. The minimum atomic E-state index is -0.603. The van der Waals surface area contributed by atoms with Gasteiger partial charge in [0.2, 0.25) is 0 Å². The summed E-state index contributed by atoms with van der Waals surface area (Å²) in [5.41, 5.74) is 0.843. The summed E-state index contributed by atoms with van der Waals surface area (Å²) in [4.78, 5) is 36.3. The Kier molecular flexibility index (Phi) is 4.61. The molecule has 2 aromatic carbocycles. The van der Waals surface area contributed by atoms with Gasteiger partial charge in [0.15, 0.2) is 0 Å². The number of urea groups is 1. The normalized spacial score (nSPS) is 15.1. The van der Waals surface area contributed by atoms with Crippen LogP contribution in [0.15, 0.2) is 70.8 Å². The van der Waals surface area contributed by atoms with Crippen molar-refractivity contribution < 1.29 is 18.9 Å². The Hall–Kier alpha value is -3.91. The summed E-state index contributed by atoms with van der Waals surface area (Å²) in [5, 5.41) is 13.8. The molecule has 0 aliphatic carbocycles. The number of nitro benzene ring substituents is 1. The van der Waals surface area contributed by atoms with E-state index in [1.165, 1.54) is 24.3 Å². The predicted molar refractivity (Wildman–Crippen MR) is 106 cm³/mol. The van der Waals surface area contributed by atoms with Crippen molar-refractivity contribution in [1.29, 1.82) is 0 Å². The molecule has 2 heterocycles. The summed E-state index contributed by atoms with van der Waals surface area (Å²) in [6, 6.07) is 15.0. The summed E-state index contributed by atoms with van der Waals surface area (Å²) in [7, 11) is 0. The molecule has 3 aromatic rings. The molecule has 0 unspecified atom stereocenters. The largest absolute Gasteiger partial charge is 0.457 e. The molecule has 0 atom stereocenters. The first kappa shape index (κ1) is 18.5. The van der Waals surface area contributed by atoms with Crippen molar-refractivity contribution in [3.63, 3.8) is 0 Å². The summed E-state index contributed by atoms with van der Waals surface area (Å²) in [6.07, 6.45) is 1.39. The van der Waals surface area contributed by atoms with Crippen LogP contribution in [0.2, 0.25) is 5.02 Å². The van der Waals surface area contributed by atoms with Crippen molar-refractivity contribution in [3.8, 4) is 11.3 Å². The average molecular weight is 410 g/mol. The lowest BCUT2D eigenvalue weighted by atomic mass is 10.1. The number of nitrogens with zero attached hydrogens (tertiary/aromatic N) is 2. The summed E-state index contributed by atoms with van der Waals surface area (Å²) in [6.45, 7) is 0. The van der Waals surface area contributed by atoms with Crippen LogP contribution in [0.25, 0.3) is 17.4 Å². The lowest BCUT2D eigenvalue weighted by Gasteiger charge is -2.11. The monoisotopic (exact) mass is 409 g/mol. The molecule has 1 aromatic heterocycles. The van der Waals surface area contributed by atoms with E-state index in [1.54, 1.807) is 42.5 Å². The summed E-state index contributed by atoms with van der Waals surface area (Å²) < 4.78 is 5.67. The Morgan fingerprint density at radius 2 is 1.86 bits per heavy atom. The standard InChI is InChI=1S/C20H12ClN3O5/c21-13-4-2-5-14(10-13)23-19(25)17(22-20(23)26)11-16-7-8-18(29-16)12-3-1-6-15(9-12)24(27)28/h1-11H,(H,22,26). The van der Waals surface area contributed by atoms with Crippen molar-refractivity contribution in [3.05, 3.63) is 87.3 Å². The van der Waals surface area contributed by atoms with Gasteiger partial charge in [-0.1, -0.05) is 29.8 Å². The van der Waals surface area contributed by atoms with Crippen molar-refractivity contribution in [2.75, 3.05) is 4.90 Å². The minimum Gasteiger partial charge on any atom is -0.457 e. The SMILES string of the molecule is O=C1NC(=Cc2ccc(-c3cccc([N+](=O)[O-])c3)o2)C(=O)N1c1cccc(Cl)c1. The second kappa shape index (κ2) is 7.25. The molecule has 1 fully saturated rings. The number of rotatable bonds is 4. The van der Waals surface area contributed by atoms with Crippen LogP contribution < -0.4 is 10.2 Å². The van der Waals surface area contributed by atoms with Gasteiger partial charge in [-0.3, -0.25) is 14.9 Å². The highest BCUT2D eigenvalue weighted by Crippen LogP contribution is 2.28. The zero-order valence-electron chi connectivity index (χ0n) is 14.7. The van der Waals surface area contributed by atoms with Crippen molar-refractivity contribution >= 4 is 41.0 Å². The Labute approximate surface area is 169 Å². The van der Waals surface area contributed by atoms with Crippen LogP contribution in [0.5, 0.6) is 0 Å². The van der Waals surface area contributed by atoms with E-state index < -0.39 is 16.9 Å². The number of furan rings is 1. The third-order valence-electron chi connectivity index (χ3n) is 4.20. The lowest BCUT2D eigenvalue weighted by Crippen LogP contribution is -2.30. The number of carbonyl (C=O) groups excluding carboxylic acids is 2. The molecule has 0 radical (unpaired) electrons. The van der Waals surface area contributed by atoms with E-state index in [2.05, 4.69) is 5.32 Å². The van der Waals surface area contributed by atoms with E-state index in [-0.39, 0.29) is 11.4 Å². The van der Waals surface area contributed by atoms with Gasteiger partial charge in [-0.25, -0.2) is 9.69 Å². The number of non-ortho nitro benzene ring substituents is 1. The second-order valence-corrected chi connectivity index (χ2v) is 6.55. The fraction of sp³-hybridized carbons (Fsp3) is 0. The van der Waals surface area contributed by atoms with Gasteiger partial charge in [0.1, 0.15) is 17.2 Å². The molecule has 9 heteroatoms. The quantitative estimate of drug-likeness (QED) is 0.293.